The van der Waals surface area contributed by atoms with E-state index in [1.807, 2.05) is 19.1 Å². The fourth-order valence-electron chi connectivity index (χ4n) is 2.69. The summed E-state index contributed by atoms with van der Waals surface area (Å²) in [6, 6.07) is 5.48. The summed E-state index contributed by atoms with van der Waals surface area (Å²) in [6.07, 6.45) is 1.41. The van der Waals surface area contributed by atoms with Crippen LogP contribution in [0, 0.1) is 12.8 Å². The van der Waals surface area contributed by atoms with E-state index in [1.54, 1.807) is 18.0 Å². The molecule has 2 rings (SSSR count). The Balaban J connectivity index is 2.07. The minimum absolute atomic E-state index is 0.0123. The Labute approximate surface area is 119 Å². The molecule has 0 aliphatic carbocycles. The number of carbonyl (C=O) groups is 2. The number of aryl methyl sites for hydroxylation is 1. The zero-order chi connectivity index (χ0) is 14.7. The van der Waals surface area contributed by atoms with Gasteiger partial charge in [0.25, 0.3) is 5.91 Å². The fourth-order valence-corrected chi connectivity index (χ4v) is 2.69. The number of amides is 2. The van der Waals surface area contributed by atoms with Crippen molar-refractivity contribution in [3.8, 4) is 0 Å². The van der Waals surface area contributed by atoms with Crippen molar-refractivity contribution in [2.45, 2.75) is 19.8 Å². The minimum Gasteiger partial charge on any atom is -0.398 e. The molecule has 0 unspecified atom stereocenters. The molecule has 0 aromatic heterocycles. The molecule has 5 nitrogen and oxygen atoms in total. The summed E-state index contributed by atoms with van der Waals surface area (Å²) in [4.78, 5) is 25.9. The predicted molar refractivity (Wildman–Crippen MR) is 78.3 cm³/mol. The number of nitrogens with one attached hydrogen (secondary N) is 1. The van der Waals surface area contributed by atoms with Crippen molar-refractivity contribution >= 4 is 17.5 Å². The maximum atomic E-state index is 12.5. The van der Waals surface area contributed by atoms with Gasteiger partial charge in [-0.1, -0.05) is 12.1 Å². The number of benzene rings is 1. The Morgan fingerprint density at radius 2 is 1.95 bits per heavy atom. The number of carbonyl (C=O) groups excluding carboxylic acids is 2. The topological polar surface area (TPSA) is 75.4 Å². The second kappa shape index (κ2) is 5.94. The van der Waals surface area contributed by atoms with Crippen LogP contribution in [0.15, 0.2) is 18.2 Å². The average Bonchev–Trinajstić information content (AvgIpc) is 2.46. The van der Waals surface area contributed by atoms with Crippen LogP contribution in [0.4, 0.5) is 5.69 Å². The summed E-state index contributed by atoms with van der Waals surface area (Å²) in [5.74, 6) is 0.0433. The van der Waals surface area contributed by atoms with Crippen LogP contribution in [-0.4, -0.2) is 36.9 Å². The number of rotatable bonds is 2. The van der Waals surface area contributed by atoms with Crippen LogP contribution in [0.5, 0.6) is 0 Å². The highest BCUT2D eigenvalue weighted by molar-refractivity contribution is 6.00. The van der Waals surface area contributed by atoms with Crippen molar-refractivity contribution in [3.05, 3.63) is 29.3 Å². The number of hydrogen-bond donors (Lipinski definition) is 2. The SMILES string of the molecule is CNC(=O)C1CCN(C(=O)c2c(C)cccc2N)CC1. The van der Waals surface area contributed by atoms with Crippen LogP contribution in [0.25, 0.3) is 0 Å². The lowest BCUT2D eigenvalue weighted by Crippen LogP contribution is -2.42. The Bertz CT molecular complexity index is 500. The smallest absolute Gasteiger partial charge is 0.256 e. The van der Waals surface area contributed by atoms with Crippen LogP contribution in [0.3, 0.4) is 0 Å². The monoisotopic (exact) mass is 275 g/mol. The van der Waals surface area contributed by atoms with E-state index in [0.717, 1.165) is 5.56 Å². The predicted octanol–water partition coefficient (Wildman–Crippen LogP) is 1.18. The Hall–Kier alpha value is -2.04. The van der Waals surface area contributed by atoms with Gasteiger partial charge in [-0.15, -0.1) is 0 Å². The molecule has 0 saturated carbocycles. The number of piperidine rings is 1. The summed E-state index contributed by atoms with van der Waals surface area (Å²) in [5, 5.41) is 2.67. The van der Waals surface area contributed by atoms with Gasteiger partial charge in [0.1, 0.15) is 0 Å². The molecule has 1 aromatic carbocycles. The second-order valence-corrected chi connectivity index (χ2v) is 5.22. The van der Waals surface area contributed by atoms with E-state index in [-0.39, 0.29) is 17.7 Å². The molecule has 1 aliphatic rings. The van der Waals surface area contributed by atoms with Gasteiger partial charge in [-0.2, -0.15) is 0 Å². The van der Waals surface area contributed by atoms with E-state index >= 15 is 0 Å². The van der Waals surface area contributed by atoms with Crippen LogP contribution >= 0.6 is 0 Å². The first-order valence-corrected chi connectivity index (χ1v) is 6.90. The molecule has 0 bridgehead atoms. The third kappa shape index (κ3) is 2.76. The third-order valence-corrected chi connectivity index (χ3v) is 3.92. The van der Waals surface area contributed by atoms with Crippen molar-refractivity contribution in [2.24, 2.45) is 5.92 Å². The highest BCUT2D eigenvalue weighted by Crippen LogP contribution is 2.23. The molecule has 1 saturated heterocycles. The lowest BCUT2D eigenvalue weighted by atomic mass is 9.95. The molecule has 1 aromatic rings. The first kappa shape index (κ1) is 14.4. The summed E-state index contributed by atoms with van der Waals surface area (Å²) >= 11 is 0. The molecule has 1 heterocycles. The van der Waals surface area contributed by atoms with E-state index < -0.39 is 0 Å². The highest BCUT2D eigenvalue weighted by Gasteiger charge is 2.28. The van der Waals surface area contributed by atoms with Gasteiger partial charge >= 0.3 is 0 Å². The Morgan fingerprint density at radius 3 is 2.50 bits per heavy atom. The zero-order valence-electron chi connectivity index (χ0n) is 12.0. The van der Waals surface area contributed by atoms with Crippen molar-refractivity contribution in [1.29, 1.82) is 0 Å². The Morgan fingerprint density at radius 1 is 1.30 bits per heavy atom. The number of likely N-dealkylation sites (tertiary alicyclic amines) is 1. The Kier molecular flexibility index (Phi) is 4.27. The van der Waals surface area contributed by atoms with Gasteiger partial charge in [0.2, 0.25) is 5.91 Å². The van der Waals surface area contributed by atoms with Crippen molar-refractivity contribution < 1.29 is 9.59 Å². The summed E-state index contributed by atoms with van der Waals surface area (Å²) in [5.41, 5.74) is 7.91. The van der Waals surface area contributed by atoms with Crippen molar-refractivity contribution in [2.75, 3.05) is 25.9 Å². The molecule has 0 atom stereocenters. The number of anilines is 1. The molecular formula is C15H21N3O2. The van der Waals surface area contributed by atoms with Gasteiger partial charge in [-0.3, -0.25) is 9.59 Å². The summed E-state index contributed by atoms with van der Waals surface area (Å²) in [6.45, 7) is 3.09. The molecule has 20 heavy (non-hydrogen) atoms. The molecule has 5 heteroatoms. The summed E-state index contributed by atoms with van der Waals surface area (Å²) < 4.78 is 0. The first-order valence-electron chi connectivity index (χ1n) is 6.90. The molecule has 0 spiro atoms. The standard InChI is InChI=1S/C15H21N3O2/c1-10-4-3-5-12(16)13(10)15(20)18-8-6-11(7-9-18)14(19)17-2/h3-5,11H,6-9,16H2,1-2H3,(H,17,19). The first-order chi connectivity index (χ1) is 9.54. The van der Waals surface area contributed by atoms with Gasteiger partial charge in [0.05, 0.1) is 5.56 Å². The molecular weight excluding hydrogens is 254 g/mol. The van der Waals surface area contributed by atoms with E-state index in [1.165, 1.54) is 0 Å². The highest BCUT2D eigenvalue weighted by atomic mass is 16.2. The van der Waals surface area contributed by atoms with Crippen molar-refractivity contribution in [3.63, 3.8) is 0 Å². The second-order valence-electron chi connectivity index (χ2n) is 5.22. The van der Waals surface area contributed by atoms with Crippen LogP contribution < -0.4 is 11.1 Å². The maximum absolute atomic E-state index is 12.5. The molecule has 0 radical (unpaired) electrons. The zero-order valence-corrected chi connectivity index (χ0v) is 12.0. The normalized spacial score (nSPS) is 16.0. The number of nitrogen functional groups attached to an aromatic ring is 1. The lowest BCUT2D eigenvalue weighted by molar-refractivity contribution is -0.125. The van der Waals surface area contributed by atoms with Gasteiger partial charge in [-0.25, -0.2) is 0 Å². The third-order valence-electron chi connectivity index (χ3n) is 3.92. The lowest BCUT2D eigenvalue weighted by Gasteiger charge is -2.31. The average molecular weight is 275 g/mol. The number of hydrogen-bond acceptors (Lipinski definition) is 3. The van der Waals surface area contributed by atoms with Gasteiger partial charge in [0.15, 0.2) is 0 Å². The van der Waals surface area contributed by atoms with Gasteiger partial charge in [0, 0.05) is 31.7 Å². The molecule has 1 aliphatic heterocycles. The largest absolute Gasteiger partial charge is 0.398 e. The van der Waals surface area contributed by atoms with Gasteiger partial charge < -0.3 is 16.0 Å². The maximum Gasteiger partial charge on any atom is 0.256 e. The van der Waals surface area contributed by atoms with E-state index in [4.69, 9.17) is 5.73 Å². The van der Waals surface area contributed by atoms with Crippen molar-refractivity contribution in [1.82, 2.24) is 10.2 Å². The van der Waals surface area contributed by atoms with Crippen LogP contribution in [-0.2, 0) is 4.79 Å². The van der Waals surface area contributed by atoms with E-state index in [9.17, 15) is 9.59 Å². The molecule has 1 fully saturated rings. The van der Waals surface area contributed by atoms with Crippen LogP contribution in [0.1, 0.15) is 28.8 Å². The molecule has 108 valence electrons. The van der Waals surface area contributed by atoms with Gasteiger partial charge in [-0.05, 0) is 31.4 Å². The fraction of sp³-hybridized carbons (Fsp3) is 0.467. The van der Waals surface area contributed by atoms with Crippen LogP contribution in [0.2, 0.25) is 0 Å². The summed E-state index contributed by atoms with van der Waals surface area (Å²) in [7, 11) is 1.65. The van der Waals surface area contributed by atoms with E-state index in [2.05, 4.69) is 5.32 Å². The number of nitrogens with two attached hydrogens (primary N) is 1. The molecule has 2 amide bonds. The molecule has 3 N–H and O–H groups in total. The minimum atomic E-state index is -0.0315. The van der Waals surface area contributed by atoms with E-state index in [0.29, 0.717) is 37.2 Å². The quantitative estimate of drug-likeness (QED) is 0.796. The number of nitrogens with zero attached hydrogens (tertiary/aromatic N) is 1.